The van der Waals surface area contributed by atoms with Crippen molar-refractivity contribution in [2.24, 2.45) is 4.40 Å². The van der Waals surface area contributed by atoms with Gasteiger partial charge in [-0.2, -0.15) is 8.42 Å². The van der Waals surface area contributed by atoms with E-state index in [1.165, 1.54) is 23.1 Å². The highest BCUT2D eigenvalue weighted by atomic mass is 32.2. The maximum atomic E-state index is 12.8. The van der Waals surface area contributed by atoms with Crippen LogP contribution in [-0.4, -0.2) is 45.0 Å². The van der Waals surface area contributed by atoms with Gasteiger partial charge in [0.25, 0.3) is 15.9 Å². The number of amidine groups is 1. The summed E-state index contributed by atoms with van der Waals surface area (Å²) in [5, 5.41) is 0.120. The van der Waals surface area contributed by atoms with Crippen LogP contribution in [0.2, 0.25) is 0 Å². The first-order valence-electron chi connectivity index (χ1n) is 8.81. The van der Waals surface area contributed by atoms with Crippen molar-refractivity contribution >= 4 is 44.6 Å². The zero-order valence-corrected chi connectivity index (χ0v) is 17.8. The second-order valence-corrected chi connectivity index (χ2v) is 9.08. The highest BCUT2D eigenvalue weighted by molar-refractivity contribution is 8.19. The average Bonchev–Trinajstić information content (AvgIpc) is 2.97. The van der Waals surface area contributed by atoms with Gasteiger partial charge in [0.15, 0.2) is 5.17 Å². The second-order valence-electron chi connectivity index (χ2n) is 6.46. The summed E-state index contributed by atoms with van der Waals surface area (Å²) in [6.45, 7) is 3.82. The molecular formula is C21H21N3O3S2. The van der Waals surface area contributed by atoms with Gasteiger partial charge in [-0.25, -0.2) is 0 Å². The summed E-state index contributed by atoms with van der Waals surface area (Å²) in [6, 6.07) is 15.7. The van der Waals surface area contributed by atoms with Gasteiger partial charge in [0.2, 0.25) is 0 Å². The Morgan fingerprint density at radius 1 is 1.10 bits per heavy atom. The first-order valence-corrected chi connectivity index (χ1v) is 11.1. The fourth-order valence-electron chi connectivity index (χ4n) is 2.63. The predicted molar refractivity (Wildman–Crippen MR) is 119 cm³/mol. The number of nitrogens with zero attached hydrogens (tertiary/aromatic N) is 3. The van der Waals surface area contributed by atoms with Gasteiger partial charge in [-0.05, 0) is 47.7 Å². The Bertz CT molecular complexity index is 1070. The molecule has 1 aliphatic rings. The number of benzene rings is 2. The number of rotatable bonds is 6. The third kappa shape index (κ3) is 4.78. The fourth-order valence-corrected chi connectivity index (χ4v) is 4.85. The van der Waals surface area contributed by atoms with Crippen LogP contribution in [0.15, 0.2) is 81.5 Å². The molecule has 8 heteroatoms. The zero-order valence-electron chi connectivity index (χ0n) is 16.1. The Kier molecular flexibility index (Phi) is 6.24. The van der Waals surface area contributed by atoms with Crippen molar-refractivity contribution in [3.63, 3.8) is 0 Å². The summed E-state index contributed by atoms with van der Waals surface area (Å²) in [5.41, 5.74) is 1.89. The van der Waals surface area contributed by atoms with E-state index in [0.29, 0.717) is 4.91 Å². The molecule has 1 heterocycles. The first-order chi connectivity index (χ1) is 13.8. The van der Waals surface area contributed by atoms with E-state index >= 15 is 0 Å². The molecule has 0 aromatic heterocycles. The van der Waals surface area contributed by atoms with E-state index in [1.807, 2.05) is 43.3 Å². The van der Waals surface area contributed by atoms with E-state index in [2.05, 4.69) is 11.0 Å². The van der Waals surface area contributed by atoms with Crippen LogP contribution >= 0.6 is 11.8 Å². The molecule has 150 valence electrons. The number of carbonyl (C=O) groups is 1. The normalized spacial score (nSPS) is 17.2. The molecule has 1 fully saturated rings. The topological polar surface area (TPSA) is 70.1 Å². The zero-order chi connectivity index (χ0) is 21.0. The van der Waals surface area contributed by atoms with E-state index in [4.69, 9.17) is 0 Å². The number of amides is 1. The number of anilines is 1. The van der Waals surface area contributed by atoms with E-state index in [0.717, 1.165) is 23.0 Å². The summed E-state index contributed by atoms with van der Waals surface area (Å²) < 4.78 is 29.2. The van der Waals surface area contributed by atoms with Crippen molar-refractivity contribution in [3.05, 3.63) is 77.7 Å². The van der Waals surface area contributed by atoms with Gasteiger partial charge in [0.05, 0.1) is 9.80 Å². The van der Waals surface area contributed by atoms with Gasteiger partial charge in [-0.1, -0.05) is 36.4 Å². The van der Waals surface area contributed by atoms with Crippen molar-refractivity contribution in [2.45, 2.75) is 4.90 Å². The summed E-state index contributed by atoms with van der Waals surface area (Å²) in [4.78, 5) is 16.6. The first kappa shape index (κ1) is 20.9. The fraction of sp³-hybridized carbons (Fsp3) is 0.143. The lowest BCUT2D eigenvalue weighted by atomic mass is 10.2. The minimum atomic E-state index is -3.92. The standard InChI is InChI=1S/C21H21N3O3S2/c1-4-14-24-20(25)19(15-16-10-12-17(13-11-16)23(2)3)28-21(24)22-29(26,27)18-8-6-5-7-9-18/h4-13,15H,1,14H2,2-3H3. The molecule has 1 amide bonds. The molecule has 0 radical (unpaired) electrons. The van der Waals surface area contributed by atoms with Crippen LogP contribution in [-0.2, 0) is 14.8 Å². The van der Waals surface area contributed by atoms with E-state index in [9.17, 15) is 13.2 Å². The molecule has 29 heavy (non-hydrogen) atoms. The van der Waals surface area contributed by atoms with Gasteiger partial charge in [-0.3, -0.25) is 9.69 Å². The van der Waals surface area contributed by atoms with Crippen molar-refractivity contribution in [2.75, 3.05) is 25.5 Å². The molecule has 0 spiro atoms. The number of hydrogen-bond acceptors (Lipinski definition) is 5. The van der Waals surface area contributed by atoms with Crippen LogP contribution in [0.5, 0.6) is 0 Å². The van der Waals surface area contributed by atoms with Crippen molar-refractivity contribution in [1.29, 1.82) is 0 Å². The van der Waals surface area contributed by atoms with Crippen LogP contribution in [0.1, 0.15) is 5.56 Å². The van der Waals surface area contributed by atoms with Gasteiger partial charge in [-0.15, -0.1) is 11.0 Å². The lowest BCUT2D eigenvalue weighted by Crippen LogP contribution is -2.29. The lowest BCUT2D eigenvalue weighted by Gasteiger charge is -2.12. The second kappa shape index (κ2) is 8.67. The summed E-state index contributed by atoms with van der Waals surface area (Å²) in [5.74, 6) is -0.298. The summed E-state index contributed by atoms with van der Waals surface area (Å²) in [7, 11) is -0.0210. The van der Waals surface area contributed by atoms with Crippen molar-refractivity contribution in [1.82, 2.24) is 4.90 Å². The SMILES string of the molecule is C=CCN1C(=O)C(=Cc2ccc(N(C)C)cc2)SC1=NS(=O)(=O)c1ccccc1. The van der Waals surface area contributed by atoms with Crippen LogP contribution in [0, 0.1) is 0 Å². The highest BCUT2D eigenvalue weighted by Gasteiger charge is 2.34. The summed E-state index contributed by atoms with van der Waals surface area (Å²) in [6.07, 6.45) is 3.28. The molecule has 0 saturated carbocycles. The molecule has 0 unspecified atom stereocenters. The van der Waals surface area contributed by atoms with E-state index in [-0.39, 0.29) is 22.5 Å². The number of sulfonamides is 1. The molecular weight excluding hydrogens is 406 g/mol. The molecule has 0 atom stereocenters. The largest absolute Gasteiger partial charge is 0.378 e. The van der Waals surface area contributed by atoms with Gasteiger partial charge >= 0.3 is 0 Å². The lowest BCUT2D eigenvalue weighted by molar-refractivity contribution is -0.121. The van der Waals surface area contributed by atoms with Gasteiger partial charge in [0.1, 0.15) is 0 Å². The summed E-state index contributed by atoms with van der Waals surface area (Å²) >= 11 is 1.04. The predicted octanol–water partition coefficient (Wildman–Crippen LogP) is 3.60. The molecule has 2 aromatic rings. The number of thioether (sulfide) groups is 1. The van der Waals surface area contributed by atoms with E-state index < -0.39 is 10.0 Å². The molecule has 1 aliphatic heterocycles. The minimum Gasteiger partial charge on any atom is -0.378 e. The number of carbonyl (C=O) groups excluding carboxylic acids is 1. The van der Waals surface area contributed by atoms with Crippen LogP contribution < -0.4 is 4.90 Å². The Hall–Kier alpha value is -2.84. The molecule has 3 rings (SSSR count). The minimum absolute atomic E-state index is 0.0794. The molecule has 6 nitrogen and oxygen atoms in total. The Morgan fingerprint density at radius 2 is 1.76 bits per heavy atom. The third-order valence-electron chi connectivity index (χ3n) is 4.15. The van der Waals surface area contributed by atoms with Gasteiger partial charge in [0, 0.05) is 26.3 Å². The Labute approximate surface area is 175 Å². The molecule has 1 saturated heterocycles. The average molecular weight is 428 g/mol. The smallest absolute Gasteiger partial charge is 0.284 e. The maximum absolute atomic E-state index is 12.8. The van der Waals surface area contributed by atoms with Crippen LogP contribution in [0.3, 0.4) is 0 Å². The highest BCUT2D eigenvalue weighted by Crippen LogP contribution is 2.33. The molecule has 0 bridgehead atoms. The molecule has 0 N–H and O–H groups in total. The van der Waals surface area contributed by atoms with Gasteiger partial charge < -0.3 is 4.90 Å². The van der Waals surface area contributed by atoms with E-state index in [1.54, 1.807) is 24.3 Å². The molecule has 2 aromatic carbocycles. The molecule has 0 aliphatic carbocycles. The Morgan fingerprint density at radius 3 is 2.34 bits per heavy atom. The van der Waals surface area contributed by atoms with Crippen molar-refractivity contribution in [3.8, 4) is 0 Å². The number of hydrogen-bond donors (Lipinski definition) is 0. The monoisotopic (exact) mass is 427 g/mol. The van der Waals surface area contributed by atoms with Crippen LogP contribution in [0.4, 0.5) is 5.69 Å². The van der Waals surface area contributed by atoms with Crippen LogP contribution in [0.25, 0.3) is 6.08 Å². The van der Waals surface area contributed by atoms with Crippen molar-refractivity contribution < 1.29 is 13.2 Å². The third-order valence-corrected chi connectivity index (χ3v) is 6.55. The quantitative estimate of drug-likeness (QED) is 0.520. The Balaban J connectivity index is 1.95. The maximum Gasteiger partial charge on any atom is 0.284 e.